The fourth-order valence-corrected chi connectivity index (χ4v) is 3.35. The monoisotopic (exact) mass is 487 g/mol. The fraction of sp³-hybridized carbons (Fsp3) is 0.280. The molecule has 1 aromatic carbocycles. The second-order valence-electron chi connectivity index (χ2n) is 8.46. The van der Waals surface area contributed by atoms with Crippen LogP contribution in [-0.2, 0) is 28.4 Å². The Kier molecular flexibility index (Phi) is 6.81. The summed E-state index contributed by atoms with van der Waals surface area (Å²) >= 11 is 0. The van der Waals surface area contributed by atoms with Crippen molar-refractivity contribution >= 4 is 17.5 Å². The number of Topliss-reactive ketones (excluding diaryl/α,β-unsaturated/α-hetero) is 1. The summed E-state index contributed by atoms with van der Waals surface area (Å²) in [5.74, 6) is -5.32. The molecule has 1 N–H and O–H groups in total. The Morgan fingerprint density at radius 2 is 1.83 bits per heavy atom. The standard InChI is InChI=1S/C25H21F4N3O3/c1-25(28,29)17-4-5-20(26)16(10-17)11-18(33)8-14-9-21(27)24(31-13-14)35-19-6-7-30-22(12-19)32-23(34)15-2-3-15/h4-7,9-10,12-13,15H,2-3,8,11H2,1H3,(H,30,32,34). The number of nitrogens with zero attached hydrogens (tertiary/aromatic N) is 2. The minimum Gasteiger partial charge on any atom is -0.436 e. The Morgan fingerprint density at radius 3 is 2.51 bits per heavy atom. The highest BCUT2D eigenvalue weighted by molar-refractivity contribution is 5.93. The average molecular weight is 487 g/mol. The van der Waals surface area contributed by atoms with Crippen LogP contribution in [0.3, 0.4) is 0 Å². The van der Waals surface area contributed by atoms with Crippen LogP contribution in [0.5, 0.6) is 11.6 Å². The molecule has 10 heteroatoms. The molecule has 3 aromatic rings. The molecular weight excluding hydrogens is 466 g/mol. The zero-order chi connectivity index (χ0) is 25.2. The summed E-state index contributed by atoms with van der Waals surface area (Å²) in [6.45, 7) is 0.681. The largest absolute Gasteiger partial charge is 0.436 e. The van der Waals surface area contributed by atoms with Gasteiger partial charge in [-0.3, -0.25) is 9.59 Å². The maximum Gasteiger partial charge on any atom is 0.270 e. The van der Waals surface area contributed by atoms with Gasteiger partial charge in [0.05, 0.1) is 0 Å². The zero-order valence-electron chi connectivity index (χ0n) is 18.7. The summed E-state index contributed by atoms with van der Waals surface area (Å²) in [6.07, 6.45) is 3.60. The molecule has 0 radical (unpaired) electrons. The second-order valence-corrected chi connectivity index (χ2v) is 8.46. The van der Waals surface area contributed by atoms with Gasteiger partial charge in [0.2, 0.25) is 5.91 Å². The SMILES string of the molecule is CC(F)(F)c1ccc(F)c(CC(=O)Cc2cnc(Oc3ccnc(NC(=O)C4CC4)c3)c(F)c2)c1. The number of amides is 1. The van der Waals surface area contributed by atoms with E-state index in [0.29, 0.717) is 6.92 Å². The molecule has 0 bridgehead atoms. The minimum atomic E-state index is -3.17. The van der Waals surface area contributed by atoms with Gasteiger partial charge in [-0.1, -0.05) is 6.07 Å². The van der Waals surface area contributed by atoms with Crippen molar-refractivity contribution in [3.8, 4) is 11.6 Å². The predicted octanol–water partition coefficient (Wildman–Crippen LogP) is 5.36. The van der Waals surface area contributed by atoms with E-state index in [0.717, 1.165) is 37.1 Å². The highest BCUT2D eigenvalue weighted by Crippen LogP contribution is 2.31. The first-order valence-corrected chi connectivity index (χ1v) is 10.9. The van der Waals surface area contributed by atoms with E-state index >= 15 is 0 Å². The molecule has 1 aliphatic rings. The van der Waals surface area contributed by atoms with E-state index in [1.54, 1.807) is 0 Å². The van der Waals surface area contributed by atoms with E-state index in [2.05, 4.69) is 15.3 Å². The molecule has 0 atom stereocenters. The second kappa shape index (κ2) is 9.81. The Bertz CT molecular complexity index is 1270. The zero-order valence-corrected chi connectivity index (χ0v) is 18.7. The lowest BCUT2D eigenvalue weighted by atomic mass is 9.99. The molecule has 1 saturated carbocycles. The van der Waals surface area contributed by atoms with Crippen molar-refractivity contribution in [3.63, 3.8) is 0 Å². The van der Waals surface area contributed by atoms with Crippen LogP contribution in [0.15, 0.2) is 48.8 Å². The van der Waals surface area contributed by atoms with Crippen molar-refractivity contribution in [1.29, 1.82) is 0 Å². The maximum atomic E-state index is 14.6. The van der Waals surface area contributed by atoms with Gasteiger partial charge in [-0.15, -0.1) is 0 Å². The molecule has 1 fully saturated rings. The highest BCUT2D eigenvalue weighted by Gasteiger charge is 2.30. The van der Waals surface area contributed by atoms with Crippen molar-refractivity contribution in [1.82, 2.24) is 9.97 Å². The van der Waals surface area contributed by atoms with Gasteiger partial charge in [0.1, 0.15) is 23.2 Å². The van der Waals surface area contributed by atoms with Crippen molar-refractivity contribution in [2.24, 2.45) is 5.92 Å². The van der Waals surface area contributed by atoms with Gasteiger partial charge < -0.3 is 10.1 Å². The number of benzene rings is 1. The summed E-state index contributed by atoms with van der Waals surface area (Å²) in [5.41, 5.74) is -0.351. The van der Waals surface area contributed by atoms with Gasteiger partial charge in [-0.05, 0) is 48.2 Å². The first-order valence-electron chi connectivity index (χ1n) is 10.9. The molecule has 1 aliphatic carbocycles. The van der Waals surface area contributed by atoms with Gasteiger partial charge in [-0.25, -0.2) is 27.5 Å². The third-order valence-corrected chi connectivity index (χ3v) is 5.35. The maximum absolute atomic E-state index is 14.6. The Labute approximate surface area is 198 Å². The third-order valence-electron chi connectivity index (χ3n) is 5.35. The first-order chi connectivity index (χ1) is 16.6. The number of hydrogen-bond acceptors (Lipinski definition) is 5. The molecule has 0 unspecified atom stereocenters. The molecular formula is C25H21F4N3O3. The molecule has 2 aromatic heterocycles. The summed E-state index contributed by atoms with van der Waals surface area (Å²) in [7, 11) is 0. The summed E-state index contributed by atoms with van der Waals surface area (Å²) in [5, 5.41) is 2.66. The van der Waals surface area contributed by atoms with Crippen LogP contribution in [0.25, 0.3) is 0 Å². The lowest BCUT2D eigenvalue weighted by molar-refractivity contribution is -0.118. The van der Waals surface area contributed by atoms with Gasteiger partial charge in [0.15, 0.2) is 5.82 Å². The number of halogens is 4. The molecule has 2 heterocycles. The van der Waals surface area contributed by atoms with Crippen LogP contribution in [0.4, 0.5) is 23.4 Å². The van der Waals surface area contributed by atoms with Crippen LogP contribution < -0.4 is 10.1 Å². The number of carbonyl (C=O) groups is 2. The number of hydrogen-bond donors (Lipinski definition) is 1. The number of carbonyl (C=O) groups excluding carboxylic acids is 2. The molecule has 0 spiro atoms. The number of anilines is 1. The van der Waals surface area contributed by atoms with Crippen molar-refractivity contribution < 1.29 is 31.9 Å². The molecule has 4 rings (SSSR count). The van der Waals surface area contributed by atoms with Crippen LogP contribution in [-0.4, -0.2) is 21.7 Å². The molecule has 6 nitrogen and oxygen atoms in total. The van der Waals surface area contributed by atoms with Crippen LogP contribution >= 0.6 is 0 Å². The van der Waals surface area contributed by atoms with Crippen LogP contribution in [0.1, 0.15) is 36.5 Å². The van der Waals surface area contributed by atoms with E-state index in [9.17, 15) is 27.2 Å². The number of aromatic nitrogens is 2. The number of alkyl halides is 2. The number of pyridine rings is 2. The molecule has 1 amide bonds. The van der Waals surface area contributed by atoms with E-state index < -0.39 is 35.3 Å². The molecule has 0 aliphatic heterocycles. The van der Waals surface area contributed by atoms with E-state index in [1.807, 2.05) is 0 Å². The van der Waals surface area contributed by atoms with E-state index in [1.165, 1.54) is 24.5 Å². The molecule has 182 valence electrons. The van der Waals surface area contributed by atoms with Crippen LogP contribution in [0, 0.1) is 17.6 Å². The Morgan fingerprint density at radius 1 is 1.06 bits per heavy atom. The topological polar surface area (TPSA) is 81.2 Å². The van der Waals surface area contributed by atoms with Crippen molar-refractivity contribution in [3.05, 3.63) is 77.1 Å². The molecule has 35 heavy (non-hydrogen) atoms. The average Bonchev–Trinajstić information content (AvgIpc) is 3.62. The normalized spacial score (nSPS) is 13.4. The van der Waals surface area contributed by atoms with Gasteiger partial charge in [-0.2, -0.15) is 0 Å². The number of ketones is 1. The van der Waals surface area contributed by atoms with Gasteiger partial charge >= 0.3 is 0 Å². The third kappa shape index (κ3) is 6.40. The fourth-order valence-electron chi connectivity index (χ4n) is 3.35. The lowest BCUT2D eigenvalue weighted by Crippen LogP contribution is -2.14. The number of ether oxygens (including phenoxy) is 1. The van der Waals surface area contributed by atoms with Crippen molar-refractivity contribution in [2.75, 3.05) is 5.32 Å². The first kappa shape index (κ1) is 24.3. The quantitative estimate of drug-likeness (QED) is 0.411. The summed E-state index contributed by atoms with van der Waals surface area (Å²) in [6, 6.07) is 6.77. The number of rotatable bonds is 9. The smallest absolute Gasteiger partial charge is 0.270 e. The number of nitrogens with one attached hydrogen (secondary N) is 1. The minimum absolute atomic E-state index is 0.0104. The van der Waals surface area contributed by atoms with E-state index in [-0.39, 0.29) is 46.8 Å². The Balaban J connectivity index is 1.40. The van der Waals surface area contributed by atoms with Gasteiger partial charge in [0.25, 0.3) is 11.8 Å². The van der Waals surface area contributed by atoms with E-state index in [4.69, 9.17) is 4.74 Å². The highest BCUT2D eigenvalue weighted by atomic mass is 19.3. The Hall–Kier alpha value is -3.82. The molecule has 0 saturated heterocycles. The predicted molar refractivity (Wildman–Crippen MR) is 118 cm³/mol. The van der Waals surface area contributed by atoms with Crippen LogP contribution in [0.2, 0.25) is 0 Å². The van der Waals surface area contributed by atoms with Gasteiger partial charge in [0, 0.05) is 49.7 Å². The summed E-state index contributed by atoms with van der Waals surface area (Å²) in [4.78, 5) is 32.2. The lowest BCUT2D eigenvalue weighted by Gasteiger charge is -2.12. The van der Waals surface area contributed by atoms with Crippen molar-refractivity contribution in [2.45, 2.75) is 38.5 Å². The summed E-state index contributed by atoms with van der Waals surface area (Å²) < 4.78 is 61.0.